The average molecular weight is 545 g/mol. The number of carbonyl (C=O) groups is 3. The second-order valence-electron chi connectivity index (χ2n) is 13.2. The van der Waals surface area contributed by atoms with Crippen molar-refractivity contribution in [3.05, 3.63) is 23.3 Å². The van der Waals surface area contributed by atoms with E-state index in [1.165, 1.54) is 32.6 Å². The van der Waals surface area contributed by atoms with Gasteiger partial charge in [0.05, 0.1) is 6.61 Å². The normalized spacial score (nSPS) is 38.0. The van der Waals surface area contributed by atoms with Crippen LogP contribution in [-0.2, 0) is 23.9 Å². The highest BCUT2D eigenvalue weighted by atomic mass is 16.6. The van der Waals surface area contributed by atoms with Gasteiger partial charge in [0.2, 0.25) is 0 Å². The van der Waals surface area contributed by atoms with Gasteiger partial charge in [-0.1, -0.05) is 78.4 Å². The third-order valence-corrected chi connectivity index (χ3v) is 10.3. The predicted octanol–water partition coefficient (Wildman–Crippen LogP) is 5.08. The maximum atomic E-state index is 13.3. The SMILES string of the molecule is CCCCCCCCCC(=O)OC12C(OC(C)=O)C(C)C3C(C=C(CO)CC4(O)C(=O)C(C)=CC34)C1C2(C)C. The van der Waals surface area contributed by atoms with Crippen LogP contribution in [0.2, 0.25) is 0 Å². The monoisotopic (exact) mass is 544 g/mol. The zero-order valence-electron chi connectivity index (χ0n) is 24.6. The minimum atomic E-state index is -1.64. The number of hydrogen-bond acceptors (Lipinski definition) is 7. The number of fused-ring (bicyclic) bond motifs is 5. The molecule has 2 saturated carbocycles. The van der Waals surface area contributed by atoms with E-state index >= 15 is 0 Å². The van der Waals surface area contributed by atoms with E-state index in [0.717, 1.165) is 19.3 Å². The van der Waals surface area contributed by atoms with E-state index in [2.05, 4.69) is 20.8 Å². The molecule has 0 aromatic carbocycles. The van der Waals surface area contributed by atoms with Gasteiger partial charge in [-0.25, -0.2) is 0 Å². The lowest BCUT2D eigenvalue weighted by molar-refractivity contribution is -0.193. The molecule has 0 radical (unpaired) electrons. The highest BCUT2D eigenvalue weighted by molar-refractivity contribution is 6.04. The third-order valence-electron chi connectivity index (χ3n) is 10.3. The molecule has 7 heteroatoms. The zero-order valence-corrected chi connectivity index (χ0v) is 24.6. The molecule has 0 saturated heterocycles. The fraction of sp³-hybridized carbons (Fsp3) is 0.781. The molecule has 0 amide bonds. The molecule has 4 aliphatic rings. The Hall–Kier alpha value is -1.99. The van der Waals surface area contributed by atoms with Gasteiger partial charge >= 0.3 is 11.9 Å². The molecule has 2 fully saturated rings. The zero-order chi connectivity index (χ0) is 28.8. The van der Waals surface area contributed by atoms with Crippen molar-refractivity contribution in [1.82, 2.24) is 0 Å². The van der Waals surface area contributed by atoms with Gasteiger partial charge in [0, 0.05) is 42.9 Å². The molecule has 0 heterocycles. The van der Waals surface area contributed by atoms with Crippen molar-refractivity contribution >= 4 is 17.7 Å². The van der Waals surface area contributed by atoms with Crippen molar-refractivity contribution in [2.75, 3.05) is 6.61 Å². The summed E-state index contributed by atoms with van der Waals surface area (Å²) in [7, 11) is 0. The van der Waals surface area contributed by atoms with Crippen LogP contribution in [0.25, 0.3) is 0 Å². The summed E-state index contributed by atoms with van der Waals surface area (Å²) in [6, 6.07) is 0. The van der Waals surface area contributed by atoms with Crippen LogP contribution in [0, 0.1) is 35.0 Å². The van der Waals surface area contributed by atoms with E-state index in [1.54, 1.807) is 6.92 Å². The van der Waals surface area contributed by atoms with Gasteiger partial charge in [0.1, 0.15) is 11.7 Å². The Kier molecular flexibility index (Phi) is 8.55. The number of hydrogen-bond donors (Lipinski definition) is 2. The summed E-state index contributed by atoms with van der Waals surface area (Å²) in [5.41, 5.74) is -2.00. The van der Waals surface area contributed by atoms with E-state index in [9.17, 15) is 24.6 Å². The standard InChI is InChI=1S/C32H48O7/c1-7-8-9-10-11-12-13-14-25(35)39-32-27(30(32,5)6)23-16-22(18-33)17-31(37)24(15-19(2)28(31)36)26(23)20(3)29(32)38-21(4)34/h15-16,20,23-24,26-27,29,33,37H,7-14,17-18H2,1-6H3. The number of esters is 2. The number of carbonyl (C=O) groups excluding carboxylic acids is 3. The largest absolute Gasteiger partial charge is 0.458 e. The van der Waals surface area contributed by atoms with Gasteiger partial charge in [-0.15, -0.1) is 0 Å². The van der Waals surface area contributed by atoms with Crippen LogP contribution in [0.1, 0.15) is 99.3 Å². The molecule has 0 bridgehead atoms. The first-order valence-electron chi connectivity index (χ1n) is 15.0. The third kappa shape index (κ3) is 4.92. The number of aliphatic hydroxyl groups excluding tert-OH is 1. The summed E-state index contributed by atoms with van der Waals surface area (Å²) < 4.78 is 12.4. The average Bonchev–Trinajstić information content (AvgIpc) is 3.32. The fourth-order valence-electron chi connectivity index (χ4n) is 8.53. The van der Waals surface area contributed by atoms with Gasteiger partial charge in [0.25, 0.3) is 0 Å². The smallest absolute Gasteiger partial charge is 0.306 e. The molecular formula is C32H48O7. The van der Waals surface area contributed by atoms with E-state index in [-0.39, 0.29) is 48.5 Å². The van der Waals surface area contributed by atoms with Crippen molar-refractivity contribution in [2.24, 2.45) is 35.0 Å². The Morgan fingerprint density at radius 2 is 1.72 bits per heavy atom. The number of unbranched alkanes of at least 4 members (excludes halogenated alkanes) is 6. The maximum absolute atomic E-state index is 13.3. The molecule has 218 valence electrons. The number of allylic oxidation sites excluding steroid dienone is 1. The Morgan fingerprint density at radius 1 is 1.08 bits per heavy atom. The highest BCUT2D eigenvalue weighted by Crippen LogP contribution is 2.76. The summed E-state index contributed by atoms with van der Waals surface area (Å²) in [4.78, 5) is 38.8. The second kappa shape index (κ2) is 11.1. The molecule has 0 aliphatic heterocycles. The first-order valence-corrected chi connectivity index (χ1v) is 15.0. The summed E-state index contributed by atoms with van der Waals surface area (Å²) >= 11 is 0. The van der Waals surface area contributed by atoms with Crippen LogP contribution in [0.3, 0.4) is 0 Å². The molecule has 0 aromatic rings. The van der Waals surface area contributed by atoms with Crippen LogP contribution in [0.5, 0.6) is 0 Å². The lowest BCUT2D eigenvalue weighted by atomic mass is 9.62. The van der Waals surface area contributed by atoms with E-state index in [4.69, 9.17) is 9.47 Å². The number of ether oxygens (including phenoxy) is 2. The van der Waals surface area contributed by atoms with Crippen molar-refractivity contribution < 1.29 is 34.1 Å². The maximum Gasteiger partial charge on any atom is 0.306 e. The van der Waals surface area contributed by atoms with Crippen LogP contribution in [-0.4, -0.2) is 51.8 Å². The summed E-state index contributed by atoms with van der Waals surface area (Å²) in [5, 5.41) is 21.9. The van der Waals surface area contributed by atoms with Crippen molar-refractivity contribution in [3.8, 4) is 0 Å². The van der Waals surface area contributed by atoms with Crippen LogP contribution in [0.15, 0.2) is 23.3 Å². The summed E-state index contributed by atoms with van der Waals surface area (Å²) in [6.45, 7) is 11.1. The molecule has 8 atom stereocenters. The summed E-state index contributed by atoms with van der Waals surface area (Å²) in [5.74, 6) is -2.39. The predicted molar refractivity (Wildman–Crippen MR) is 147 cm³/mol. The van der Waals surface area contributed by atoms with Gasteiger partial charge in [-0.05, 0) is 36.3 Å². The minimum Gasteiger partial charge on any atom is -0.458 e. The van der Waals surface area contributed by atoms with Crippen molar-refractivity contribution in [3.63, 3.8) is 0 Å². The Labute approximate surface area is 233 Å². The Balaban J connectivity index is 1.63. The molecule has 2 N–H and O–H groups in total. The lowest BCUT2D eigenvalue weighted by Crippen LogP contribution is -2.56. The number of ketones is 1. The van der Waals surface area contributed by atoms with Gasteiger partial charge in [0.15, 0.2) is 11.4 Å². The van der Waals surface area contributed by atoms with Crippen LogP contribution in [0.4, 0.5) is 0 Å². The van der Waals surface area contributed by atoms with Gasteiger partial charge < -0.3 is 19.7 Å². The van der Waals surface area contributed by atoms with E-state index in [0.29, 0.717) is 17.6 Å². The molecule has 39 heavy (non-hydrogen) atoms. The number of aliphatic hydroxyl groups is 2. The van der Waals surface area contributed by atoms with Crippen LogP contribution >= 0.6 is 0 Å². The molecule has 7 nitrogen and oxygen atoms in total. The first-order chi connectivity index (χ1) is 18.4. The fourth-order valence-corrected chi connectivity index (χ4v) is 8.53. The van der Waals surface area contributed by atoms with Crippen molar-refractivity contribution in [1.29, 1.82) is 0 Å². The van der Waals surface area contributed by atoms with Crippen molar-refractivity contribution in [2.45, 2.75) is 117 Å². The van der Waals surface area contributed by atoms with E-state index in [1.807, 2.05) is 19.1 Å². The Morgan fingerprint density at radius 3 is 2.33 bits per heavy atom. The molecule has 4 aliphatic carbocycles. The quantitative estimate of drug-likeness (QED) is 0.212. The molecule has 0 aromatic heterocycles. The second-order valence-corrected chi connectivity index (χ2v) is 13.2. The van der Waals surface area contributed by atoms with Crippen LogP contribution < -0.4 is 0 Å². The topological polar surface area (TPSA) is 110 Å². The van der Waals surface area contributed by atoms with E-state index < -0.39 is 34.6 Å². The summed E-state index contributed by atoms with van der Waals surface area (Å²) in [6.07, 6.45) is 11.3. The highest BCUT2D eigenvalue weighted by Gasteiger charge is 2.85. The minimum absolute atomic E-state index is 0.0665. The molecule has 8 unspecified atom stereocenters. The first kappa shape index (κ1) is 30.0. The lowest BCUT2D eigenvalue weighted by Gasteiger charge is -2.47. The Bertz CT molecular complexity index is 1040. The van der Waals surface area contributed by atoms with Gasteiger partial charge in [-0.2, -0.15) is 0 Å². The molecule has 0 spiro atoms. The number of rotatable bonds is 11. The van der Waals surface area contributed by atoms with Gasteiger partial charge in [-0.3, -0.25) is 14.4 Å². The molecule has 4 rings (SSSR count). The molecular weight excluding hydrogens is 496 g/mol. The number of Topliss-reactive ketones (excluding diaryl/α,β-unsaturated/α-hetero) is 1.